The molecule has 29 heavy (non-hydrogen) atoms. The van der Waals surface area contributed by atoms with Gasteiger partial charge >= 0.3 is 5.97 Å². The molecule has 3 nitrogen and oxygen atoms in total. The number of benzene rings is 3. The Morgan fingerprint density at radius 1 is 0.966 bits per heavy atom. The van der Waals surface area contributed by atoms with E-state index >= 15 is 0 Å². The Balaban J connectivity index is 1.61. The zero-order valence-corrected chi connectivity index (χ0v) is 17.1. The van der Waals surface area contributed by atoms with Crippen molar-refractivity contribution in [3.8, 4) is 11.0 Å². The van der Waals surface area contributed by atoms with Crippen molar-refractivity contribution in [3.63, 3.8) is 0 Å². The number of nitrogens with zero attached hydrogens (tertiary/aromatic N) is 1. The van der Waals surface area contributed by atoms with Crippen LogP contribution in [0.1, 0.15) is 35.3 Å². The summed E-state index contributed by atoms with van der Waals surface area (Å²) in [4.78, 5) is 14.0. The minimum atomic E-state index is -0.802. The summed E-state index contributed by atoms with van der Waals surface area (Å²) in [5.41, 5.74) is 1.16. The molecular weight excluding hydrogens is 378 g/mol. The quantitative estimate of drug-likeness (QED) is 0.290. The van der Waals surface area contributed by atoms with Gasteiger partial charge in [0, 0.05) is 28.0 Å². The van der Waals surface area contributed by atoms with Crippen LogP contribution in [0.4, 0.5) is 0 Å². The molecule has 142 valence electrons. The Hall–Kier alpha value is -3.42. The van der Waals surface area contributed by atoms with Gasteiger partial charge in [0.1, 0.15) is 11.0 Å². The number of carbonyl (C=O) groups is 1. The first kappa shape index (κ1) is 18.9. The van der Waals surface area contributed by atoms with Crippen LogP contribution in [0.25, 0.3) is 15.0 Å². The van der Waals surface area contributed by atoms with Gasteiger partial charge in [0.2, 0.25) is 0 Å². The standard InChI is InChI=1S/C25H20NO2S/c1-25(2,21-12-10-18(17-26)11-13-21)28-24(27)20-7-5-8-22(16-20)29-15-14-19-6-3-4-9-23(19)29/h3-16H,1-2H3/q+1. The lowest BCUT2D eigenvalue weighted by atomic mass is 9.97. The summed E-state index contributed by atoms with van der Waals surface area (Å²) in [6.07, 6.45) is 0. The van der Waals surface area contributed by atoms with Crippen molar-refractivity contribution in [3.05, 3.63) is 101 Å². The van der Waals surface area contributed by atoms with Crippen molar-refractivity contribution >= 4 is 26.5 Å². The number of thiophene rings is 1. The number of rotatable bonds is 4. The molecule has 4 heteroatoms. The summed E-state index contributed by atoms with van der Waals surface area (Å²) >= 11 is 0. The van der Waals surface area contributed by atoms with Gasteiger partial charge in [-0.15, -0.1) is 0 Å². The van der Waals surface area contributed by atoms with Crippen molar-refractivity contribution in [1.29, 1.82) is 5.26 Å². The van der Waals surface area contributed by atoms with Crippen LogP contribution in [0.15, 0.2) is 84.2 Å². The van der Waals surface area contributed by atoms with E-state index in [0.29, 0.717) is 11.1 Å². The fourth-order valence-electron chi connectivity index (χ4n) is 3.29. The lowest BCUT2D eigenvalue weighted by Crippen LogP contribution is -2.25. The molecule has 1 aromatic heterocycles. The Kier molecular flexibility index (Phi) is 4.92. The van der Waals surface area contributed by atoms with Gasteiger partial charge in [-0.25, -0.2) is 4.79 Å². The van der Waals surface area contributed by atoms with Gasteiger partial charge < -0.3 is 4.74 Å². The number of esters is 1. The third-order valence-corrected chi connectivity index (χ3v) is 6.94. The number of nitriles is 1. The molecule has 1 unspecified atom stereocenters. The largest absolute Gasteiger partial charge is 0.451 e. The van der Waals surface area contributed by atoms with E-state index in [9.17, 15) is 4.79 Å². The van der Waals surface area contributed by atoms with Gasteiger partial charge in [-0.2, -0.15) is 5.26 Å². The van der Waals surface area contributed by atoms with E-state index in [1.807, 2.05) is 50.2 Å². The number of ether oxygens (including phenoxy) is 1. The summed E-state index contributed by atoms with van der Waals surface area (Å²) < 4.78 is 7.11. The summed E-state index contributed by atoms with van der Waals surface area (Å²) in [6.45, 7) is 3.71. The highest BCUT2D eigenvalue weighted by molar-refractivity contribution is 7.43. The second-order valence-corrected chi connectivity index (χ2v) is 9.15. The maximum atomic E-state index is 12.9. The maximum absolute atomic E-state index is 12.9. The third-order valence-electron chi connectivity index (χ3n) is 4.92. The van der Waals surface area contributed by atoms with Crippen molar-refractivity contribution in [2.24, 2.45) is 0 Å². The van der Waals surface area contributed by atoms with Crippen molar-refractivity contribution in [2.45, 2.75) is 19.4 Å². The highest BCUT2D eigenvalue weighted by atomic mass is 32.2. The SMILES string of the molecule is CC(C)(OC(=O)c1cccc(-[s+]2ccc3ccccc32)c1)c1ccc(C#N)cc1. The average molecular weight is 399 g/mol. The second-order valence-electron chi connectivity index (χ2n) is 7.30. The van der Waals surface area contributed by atoms with Gasteiger partial charge in [0.05, 0.1) is 17.2 Å². The number of hydrogen-bond acceptors (Lipinski definition) is 3. The highest BCUT2D eigenvalue weighted by Gasteiger charge is 2.27. The van der Waals surface area contributed by atoms with Crippen LogP contribution in [0, 0.1) is 11.3 Å². The molecule has 0 aliphatic carbocycles. The van der Waals surface area contributed by atoms with Crippen LogP contribution in [-0.4, -0.2) is 5.97 Å². The first-order valence-corrected chi connectivity index (χ1v) is 10.6. The number of fused-ring (bicyclic) bond motifs is 1. The Morgan fingerprint density at radius 2 is 1.72 bits per heavy atom. The van der Waals surface area contributed by atoms with E-state index in [1.54, 1.807) is 18.2 Å². The van der Waals surface area contributed by atoms with Crippen molar-refractivity contribution < 1.29 is 9.53 Å². The third kappa shape index (κ3) is 3.78. The zero-order valence-electron chi connectivity index (χ0n) is 16.3. The number of carbonyl (C=O) groups excluding carboxylic acids is 1. The van der Waals surface area contributed by atoms with E-state index in [2.05, 4.69) is 35.7 Å². The molecule has 0 aliphatic rings. The molecule has 0 aliphatic heterocycles. The van der Waals surface area contributed by atoms with Gasteiger partial charge in [0.25, 0.3) is 0 Å². The molecule has 3 aromatic carbocycles. The Morgan fingerprint density at radius 3 is 2.48 bits per heavy atom. The van der Waals surface area contributed by atoms with E-state index < -0.39 is 5.60 Å². The van der Waals surface area contributed by atoms with Crippen LogP contribution in [0.5, 0.6) is 0 Å². The topological polar surface area (TPSA) is 50.1 Å². The molecule has 0 fully saturated rings. The fraction of sp³-hybridized carbons (Fsp3) is 0.120. The molecule has 0 N–H and O–H groups in total. The molecule has 1 atom stereocenters. The van der Waals surface area contributed by atoms with Gasteiger partial charge in [-0.05, 0) is 55.8 Å². The predicted molar refractivity (Wildman–Crippen MR) is 117 cm³/mol. The van der Waals surface area contributed by atoms with E-state index in [0.717, 1.165) is 10.5 Å². The predicted octanol–water partition coefficient (Wildman–Crippen LogP) is 6.54. The van der Waals surface area contributed by atoms with Crippen LogP contribution in [0.3, 0.4) is 0 Å². The molecule has 0 radical (unpaired) electrons. The second kappa shape index (κ2) is 7.54. The monoisotopic (exact) mass is 398 g/mol. The lowest BCUT2D eigenvalue weighted by molar-refractivity contribution is -0.00312. The maximum Gasteiger partial charge on any atom is 0.339 e. The molecule has 0 spiro atoms. The van der Waals surface area contributed by atoms with Crippen LogP contribution in [-0.2, 0) is 10.3 Å². The van der Waals surface area contributed by atoms with E-state index in [-0.39, 0.29) is 16.4 Å². The number of hydrogen-bond donors (Lipinski definition) is 0. The Bertz CT molecular complexity index is 1230. The molecule has 4 aromatic rings. The van der Waals surface area contributed by atoms with Crippen LogP contribution < -0.4 is 0 Å². The molecule has 0 saturated heterocycles. The molecule has 4 rings (SSSR count). The molecule has 1 heterocycles. The molecular formula is C25H20NO2S+. The fourth-order valence-corrected chi connectivity index (χ4v) is 5.23. The summed E-state index contributed by atoms with van der Waals surface area (Å²) in [6, 6.07) is 27.3. The first-order valence-electron chi connectivity index (χ1n) is 9.32. The highest BCUT2D eigenvalue weighted by Crippen LogP contribution is 2.40. The van der Waals surface area contributed by atoms with Crippen molar-refractivity contribution in [1.82, 2.24) is 0 Å². The van der Waals surface area contributed by atoms with Crippen molar-refractivity contribution in [2.75, 3.05) is 0 Å². The first-order chi connectivity index (χ1) is 14.0. The molecule has 0 amide bonds. The van der Waals surface area contributed by atoms with Gasteiger partial charge in [-0.3, -0.25) is 0 Å². The van der Waals surface area contributed by atoms with Gasteiger partial charge in [0.15, 0.2) is 9.60 Å². The van der Waals surface area contributed by atoms with Crippen LogP contribution >= 0.6 is 10.5 Å². The normalized spacial score (nSPS) is 11.8. The Labute approximate surface area is 172 Å². The lowest BCUT2D eigenvalue weighted by Gasteiger charge is -2.25. The minimum Gasteiger partial charge on any atom is -0.451 e. The average Bonchev–Trinajstić information content (AvgIpc) is 3.18. The zero-order chi connectivity index (χ0) is 20.4. The molecule has 0 bridgehead atoms. The summed E-state index contributed by atoms with van der Waals surface area (Å²) in [5, 5.41) is 12.4. The summed E-state index contributed by atoms with van der Waals surface area (Å²) in [5.74, 6) is -0.360. The minimum absolute atomic E-state index is 0.174. The molecule has 0 saturated carbocycles. The van der Waals surface area contributed by atoms with E-state index in [4.69, 9.17) is 10.00 Å². The smallest absolute Gasteiger partial charge is 0.339 e. The van der Waals surface area contributed by atoms with Crippen LogP contribution in [0.2, 0.25) is 0 Å². The van der Waals surface area contributed by atoms with E-state index in [1.165, 1.54) is 10.1 Å². The summed E-state index contributed by atoms with van der Waals surface area (Å²) in [7, 11) is -0.174. The van der Waals surface area contributed by atoms with Gasteiger partial charge in [-0.1, -0.05) is 30.3 Å².